The Morgan fingerprint density at radius 2 is 1.77 bits per heavy atom. The molecule has 0 unspecified atom stereocenters. The van der Waals surface area contributed by atoms with Gasteiger partial charge in [-0.1, -0.05) is 50.3 Å². The molecule has 1 aromatic heterocycles. The van der Waals surface area contributed by atoms with Gasteiger partial charge in [-0.25, -0.2) is 9.59 Å². The quantitative estimate of drug-likeness (QED) is 0.671. The molecule has 6 nitrogen and oxygen atoms in total. The third kappa shape index (κ3) is 4.71. The molecule has 1 heterocycles. The van der Waals surface area contributed by atoms with Gasteiger partial charge in [0.2, 0.25) is 0 Å². The number of para-hydroxylation sites is 1. The Bertz CT molecular complexity index is 833. The van der Waals surface area contributed by atoms with Crippen molar-refractivity contribution in [3.8, 4) is 0 Å². The molecular weight excluding hydrogens is 334 g/mol. The summed E-state index contributed by atoms with van der Waals surface area (Å²) in [5.74, 6) is -1.19. The number of amides is 1. The van der Waals surface area contributed by atoms with Crippen LogP contribution in [0.2, 0.25) is 0 Å². The molecule has 0 radical (unpaired) electrons. The van der Waals surface area contributed by atoms with E-state index in [4.69, 9.17) is 9.15 Å². The number of hydrogen-bond acceptors (Lipinski definition) is 5. The summed E-state index contributed by atoms with van der Waals surface area (Å²) < 4.78 is 10.1. The maximum Gasteiger partial charge on any atom is 0.351 e. The molecule has 1 aliphatic rings. The lowest BCUT2D eigenvalue weighted by molar-refractivity contribution is -0.125. The van der Waals surface area contributed by atoms with Crippen molar-refractivity contribution in [2.24, 2.45) is 0 Å². The second kappa shape index (κ2) is 8.65. The van der Waals surface area contributed by atoms with Gasteiger partial charge in [0.25, 0.3) is 5.91 Å². The SMILES string of the molecule is O=C(COC(=O)c1cc2ccccc2oc1=O)NC1CCCCCCC1. The van der Waals surface area contributed by atoms with Gasteiger partial charge in [-0.15, -0.1) is 0 Å². The largest absolute Gasteiger partial charge is 0.452 e. The van der Waals surface area contributed by atoms with Crippen LogP contribution in [0.15, 0.2) is 39.5 Å². The fourth-order valence-corrected chi connectivity index (χ4v) is 3.28. The second-order valence-corrected chi connectivity index (χ2v) is 6.67. The number of carbonyl (C=O) groups excluding carboxylic acids is 2. The van der Waals surface area contributed by atoms with Gasteiger partial charge < -0.3 is 14.5 Å². The molecule has 1 fully saturated rings. The average molecular weight is 357 g/mol. The molecule has 1 aromatic carbocycles. The lowest BCUT2D eigenvalue weighted by Gasteiger charge is -2.20. The molecule has 0 aliphatic heterocycles. The van der Waals surface area contributed by atoms with E-state index in [0.717, 1.165) is 25.7 Å². The third-order valence-corrected chi connectivity index (χ3v) is 4.67. The van der Waals surface area contributed by atoms with Crippen LogP contribution in [-0.2, 0) is 9.53 Å². The number of carbonyl (C=O) groups is 2. The lowest BCUT2D eigenvalue weighted by Crippen LogP contribution is -2.38. The fraction of sp³-hybridized carbons (Fsp3) is 0.450. The van der Waals surface area contributed by atoms with E-state index in [0.29, 0.717) is 11.0 Å². The number of esters is 1. The first-order valence-electron chi connectivity index (χ1n) is 9.13. The van der Waals surface area contributed by atoms with E-state index >= 15 is 0 Å². The number of benzene rings is 1. The minimum absolute atomic E-state index is 0.132. The molecular formula is C20H23NO5. The van der Waals surface area contributed by atoms with Crippen LogP contribution in [0.3, 0.4) is 0 Å². The van der Waals surface area contributed by atoms with Gasteiger partial charge in [0.1, 0.15) is 11.1 Å². The molecule has 1 saturated carbocycles. The minimum Gasteiger partial charge on any atom is -0.452 e. The van der Waals surface area contributed by atoms with Gasteiger partial charge in [0.15, 0.2) is 6.61 Å². The van der Waals surface area contributed by atoms with Crippen LogP contribution in [0.4, 0.5) is 0 Å². The van der Waals surface area contributed by atoms with Crippen molar-refractivity contribution < 1.29 is 18.7 Å². The van der Waals surface area contributed by atoms with Crippen molar-refractivity contribution in [1.82, 2.24) is 5.32 Å². The smallest absolute Gasteiger partial charge is 0.351 e. The Morgan fingerprint density at radius 3 is 2.54 bits per heavy atom. The average Bonchev–Trinajstić information content (AvgIpc) is 2.61. The van der Waals surface area contributed by atoms with E-state index in [1.54, 1.807) is 24.3 Å². The van der Waals surface area contributed by atoms with Gasteiger partial charge >= 0.3 is 11.6 Å². The Kier molecular flexibility index (Phi) is 6.04. The summed E-state index contributed by atoms with van der Waals surface area (Å²) in [6.07, 6.45) is 7.75. The van der Waals surface area contributed by atoms with E-state index < -0.39 is 18.2 Å². The molecule has 0 bridgehead atoms. The highest BCUT2D eigenvalue weighted by Gasteiger charge is 2.18. The van der Waals surface area contributed by atoms with Crippen LogP contribution < -0.4 is 10.9 Å². The van der Waals surface area contributed by atoms with Crippen molar-refractivity contribution in [2.75, 3.05) is 6.61 Å². The van der Waals surface area contributed by atoms with E-state index in [-0.39, 0.29) is 17.5 Å². The monoisotopic (exact) mass is 357 g/mol. The van der Waals surface area contributed by atoms with Gasteiger partial charge in [0.05, 0.1) is 0 Å². The Hall–Kier alpha value is -2.63. The fourth-order valence-electron chi connectivity index (χ4n) is 3.28. The summed E-state index contributed by atoms with van der Waals surface area (Å²) >= 11 is 0. The number of ether oxygens (including phenoxy) is 1. The van der Waals surface area contributed by atoms with Crippen molar-refractivity contribution in [3.05, 3.63) is 46.3 Å². The van der Waals surface area contributed by atoms with Crippen LogP contribution >= 0.6 is 0 Å². The molecule has 0 atom stereocenters. The van der Waals surface area contributed by atoms with Gasteiger partial charge in [-0.05, 0) is 25.0 Å². The highest BCUT2D eigenvalue weighted by molar-refractivity contribution is 5.94. The topological polar surface area (TPSA) is 85.6 Å². The van der Waals surface area contributed by atoms with Crippen molar-refractivity contribution in [3.63, 3.8) is 0 Å². The van der Waals surface area contributed by atoms with Crippen LogP contribution in [0.5, 0.6) is 0 Å². The van der Waals surface area contributed by atoms with E-state index in [1.807, 2.05) is 0 Å². The first-order valence-corrected chi connectivity index (χ1v) is 9.13. The predicted molar refractivity (Wildman–Crippen MR) is 97.0 cm³/mol. The first kappa shape index (κ1) is 18.2. The Balaban J connectivity index is 1.57. The summed E-state index contributed by atoms with van der Waals surface area (Å²) in [5.41, 5.74) is -0.576. The van der Waals surface area contributed by atoms with E-state index in [2.05, 4.69) is 5.32 Å². The zero-order chi connectivity index (χ0) is 18.4. The maximum absolute atomic E-state index is 12.1. The van der Waals surface area contributed by atoms with Crippen molar-refractivity contribution in [1.29, 1.82) is 0 Å². The molecule has 3 rings (SSSR count). The maximum atomic E-state index is 12.1. The number of hydrogen-bond donors (Lipinski definition) is 1. The van der Waals surface area contributed by atoms with Crippen molar-refractivity contribution >= 4 is 22.8 Å². The molecule has 1 N–H and O–H groups in total. The number of rotatable bonds is 4. The standard InChI is InChI=1S/C20H23NO5/c22-18(21-15-9-4-2-1-3-5-10-15)13-25-19(23)16-12-14-8-6-7-11-17(14)26-20(16)24/h6-8,11-12,15H,1-5,9-10,13H2,(H,21,22). The van der Waals surface area contributed by atoms with Crippen LogP contribution in [0, 0.1) is 0 Å². The molecule has 6 heteroatoms. The lowest BCUT2D eigenvalue weighted by atomic mass is 9.97. The molecule has 1 aliphatic carbocycles. The summed E-state index contributed by atoms with van der Waals surface area (Å²) in [4.78, 5) is 36.1. The highest BCUT2D eigenvalue weighted by atomic mass is 16.5. The molecule has 26 heavy (non-hydrogen) atoms. The van der Waals surface area contributed by atoms with Gasteiger partial charge in [-0.2, -0.15) is 0 Å². The second-order valence-electron chi connectivity index (χ2n) is 6.67. The van der Waals surface area contributed by atoms with Crippen molar-refractivity contribution in [2.45, 2.75) is 51.0 Å². The summed E-state index contributed by atoms with van der Waals surface area (Å²) in [7, 11) is 0. The van der Waals surface area contributed by atoms with Gasteiger partial charge in [-0.3, -0.25) is 4.79 Å². The van der Waals surface area contributed by atoms with E-state index in [9.17, 15) is 14.4 Å². The van der Waals surface area contributed by atoms with Crippen LogP contribution in [0.25, 0.3) is 11.0 Å². The van der Waals surface area contributed by atoms with Gasteiger partial charge in [0, 0.05) is 11.4 Å². The highest BCUT2D eigenvalue weighted by Crippen LogP contribution is 2.17. The van der Waals surface area contributed by atoms with Crippen LogP contribution in [-0.4, -0.2) is 24.5 Å². The Morgan fingerprint density at radius 1 is 1.08 bits per heavy atom. The number of fused-ring (bicyclic) bond motifs is 1. The first-order chi connectivity index (χ1) is 12.6. The Labute approximate surface area is 151 Å². The van der Waals surface area contributed by atoms with Crippen LogP contribution in [0.1, 0.15) is 55.3 Å². The molecule has 138 valence electrons. The van der Waals surface area contributed by atoms with E-state index in [1.165, 1.54) is 25.3 Å². The summed E-state index contributed by atoms with van der Waals surface area (Å²) in [5, 5.41) is 3.54. The normalized spacial score (nSPS) is 15.8. The zero-order valence-corrected chi connectivity index (χ0v) is 14.7. The molecule has 2 aromatic rings. The summed E-state index contributed by atoms with van der Waals surface area (Å²) in [6.45, 7) is -0.401. The minimum atomic E-state index is -0.850. The third-order valence-electron chi connectivity index (χ3n) is 4.67. The number of nitrogens with one attached hydrogen (secondary N) is 1. The summed E-state index contributed by atoms with van der Waals surface area (Å²) in [6, 6.07) is 8.45. The molecule has 0 spiro atoms. The molecule has 1 amide bonds. The zero-order valence-electron chi connectivity index (χ0n) is 14.7. The predicted octanol–water partition coefficient (Wildman–Crippen LogP) is 3.18. The molecule has 0 saturated heterocycles.